The van der Waals surface area contributed by atoms with Gasteiger partial charge in [0.1, 0.15) is 11.6 Å². The third kappa shape index (κ3) is 6.05. The van der Waals surface area contributed by atoms with Gasteiger partial charge in [0, 0.05) is 5.92 Å². The zero-order valence-corrected chi connectivity index (χ0v) is 17.1. The summed E-state index contributed by atoms with van der Waals surface area (Å²) in [7, 11) is 0. The van der Waals surface area contributed by atoms with Crippen LogP contribution in [0.15, 0.2) is 30.1 Å². The van der Waals surface area contributed by atoms with E-state index < -0.39 is 17.9 Å². The number of allylic oxidation sites excluding steroid dienone is 2. The summed E-state index contributed by atoms with van der Waals surface area (Å²) in [4.78, 5) is 0. The molecule has 0 spiro atoms. The topological polar surface area (TPSA) is 0 Å². The van der Waals surface area contributed by atoms with E-state index in [-0.39, 0.29) is 17.8 Å². The molecule has 2 fully saturated rings. The number of hydrogen-bond acceptors (Lipinski definition) is 0. The molecule has 0 radical (unpaired) electrons. The van der Waals surface area contributed by atoms with Crippen molar-refractivity contribution in [3.05, 3.63) is 47.0 Å². The molecule has 5 heteroatoms. The van der Waals surface area contributed by atoms with Crippen LogP contribution < -0.4 is 0 Å². The maximum Gasteiger partial charge on any atom is 0.412 e. The first-order valence-corrected chi connectivity index (χ1v) is 11.0. The molecule has 162 valence electrons. The van der Waals surface area contributed by atoms with Crippen molar-refractivity contribution in [3.8, 4) is 0 Å². The van der Waals surface area contributed by atoms with E-state index in [1.807, 2.05) is 12.1 Å². The first kappa shape index (κ1) is 22.3. The monoisotopic (exact) mass is 414 g/mol. The van der Waals surface area contributed by atoms with E-state index in [0.29, 0.717) is 37.2 Å². The van der Waals surface area contributed by atoms with Crippen molar-refractivity contribution in [2.45, 2.75) is 89.1 Å². The minimum Gasteiger partial charge on any atom is -0.212 e. The standard InChI is InChI=1S/C24H31F5/c1-2-3-16-4-6-17(7-5-16)20-12-13-21(22(25)14-20)18-8-10-19(11-9-18)23(26)15-24(27,28)29/h12-19H,2-11H2,1H3/b23-15-. The van der Waals surface area contributed by atoms with Gasteiger partial charge in [-0.25, -0.2) is 8.78 Å². The Balaban J connectivity index is 1.58. The third-order valence-electron chi connectivity index (χ3n) is 6.90. The first-order chi connectivity index (χ1) is 13.8. The van der Waals surface area contributed by atoms with E-state index in [1.165, 1.54) is 25.7 Å². The Labute approximate surface area is 170 Å². The van der Waals surface area contributed by atoms with E-state index in [9.17, 15) is 22.0 Å². The van der Waals surface area contributed by atoms with Crippen molar-refractivity contribution in [1.82, 2.24) is 0 Å². The van der Waals surface area contributed by atoms with Crippen LogP contribution in [0, 0.1) is 17.7 Å². The van der Waals surface area contributed by atoms with E-state index in [0.717, 1.165) is 24.3 Å². The molecule has 0 nitrogen and oxygen atoms in total. The summed E-state index contributed by atoms with van der Waals surface area (Å²) in [5, 5.41) is 0. The van der Waals surface area contributed by atoms with E-state index in [2.05, 4.69) is 6.92 Å². The second-order valence-corrected chi connectivity index (χ2v) is 8.91. The molecule has 0 unspecified atom stereocenters. The van der Waals surface area contributed by atoms with Crippen molar-refractivity contribution in [3.63, 3.8) is 0 Å². The molecular weight excluding hydrogens is 383 g/mol. The molecule has 0 aromatic heterocycles. The molecule has 0 bridgehead atoms. The van der Waals surface area contributed by atoms with Crippen LogP contribution in [0.2, 0.25) is 0 Å². The number of hydrogen-bond donors (Lipinski definition) is 0. The molecule has 0 N–H and O–H groups in total. The molecule has 0 atom stereocenters. The van der Waals surface area contributed by atoms with Crippen LogP contribution in [0.4, 0.5) is 22.0 Å². The maximum atomic E-state index is 14.8. The summed E-state index contributed by atoms with van der Waals surface area (Å²) >= 11 is 0. The number of benzene rings is 1. The SMILES string of the molecule is CCCC1CCC(c2ccc(C3CCC(/C(F)=C/C(F)(F)F)CC3)c(F)c2)CC1. The largest absolute Gasteiger partial charge is 0.412 e. The molecule has 1 aromatic rings. The Bertz CT molecular complexity index is 690. The Morgan fingerprint density at radius 3 is 2.14 bits per heavy atom. The number of halogens is 5. The van der Waals surface area contributed by atoms with Crippen molar-refractivity contribution in [2.75, 3.05) is 0 Å². The fraction of sp³-hybridized carbons (Fsp3) is 0.667. The van der Waals surface area contributed by atoms with Gasteiger partial charge in [-0.3, -0.25) is 0 Å². The van der Waals surface area contributed by atoms with Crippen molar-refractivity contribution < 1.29 is 22.0 Å². The number of rotatable bonds is 5. The molecule has 1 aromatic carbocycles. The van der Waals surface area contributed by atoms with Gasteiger partial charge in [-0.15, -0.1) is 0 Å². The summed E-state index contributed by atoms with van der Waals surface area (Å²) in [5.74, 6) is -0.822. The van der Waals surface area contributed by atoms with Gasteiger partial charge in [0.2, 0.25) is 0 Å². The highest BCUT2D eigenvalue weighted by Gasteiger charge is 2.31. The lowest BCUT2D eigenvalue weighted by Gasteiger charge is -2.30. The van der Waals surface area contributed by atoms with Gasteiger partial charge >= 0.3 is 6.18 Å². The Morgan fingerprint density at radius 1 is 0.966 bits per heavy atom. The molecule has 0 aliphatic heterocycles. The molecular formula is C24H31F5. The fourth-order valence-electron chi connectivity index (χ4n) is 5.28. The first-order valence-electron chi connectivity index (χ1n) is 11.0. The molecule has 3 rings (SSSR count). The van der Waals surface area contributed by atoms with Crippen LogP contribution in [-0.2, 0) is 0 Å². The van der Waals surface area contributed by atoms with Crippen molar-refractivity contribution in [2.24, 2.45) is 11.8 Å². The fourth-order valence-corrected chi connectivity index (χ4v) is 5.28. The van der Waals surface area contributed by atoms with Crippen LogP contribution >= 0.6 is 0 Å². The summed E-state index contributed by atoms with van der Waals surface area (Å²) in [5.41, 5.74) is 1.70. The zero-order chi connectivity index (χ0) is 21.0. The van der Waals surface area contributed by atoms with Crippen molar-refractivity contribution in [1.29, 1.82) is 0 Å². The highest BCUT2D eigenvalue weighted by atomic mass is 19.4. The highest BCUT2D eigenvalue weighted by molar-refractivity contribution is 5.30. The molecule has 2 aliphatic carbocycles. The molecule has 29 heavy (non-hydrogen) atoms. The molecule has 0 saturated heterocycles. The highest BCUT2D eigenvalue weighted by Crippen LogP contribution is 2.42. The van der Waals surface area contributed by atoms with Crippen molar-refractivity contribution >= 4 is 0 Å². The van der Waals surface area contributed by atoms with E-state index in [4.69, 9.17) is 0 Å². The average Bonchev–Trinajstić information content (AvgIpc) is 2.68. The van der Waals surface area contributed by atoms with Gasteiger partial charge in [-0.2, -0.15) is 13.2 Å². The summed E-state index contributed by atoms with van der Waals surface area (Å²) in [6.45, 7) is 2.22. The predicted octanol–water partition coefficient (Wildman–Crippen LogP) is 8.59. The second kappa shape index (κ2) is 9.61. The Hall–Kier alpha value is -1.39. The molecule has 0 heterocycles. The minimum atomic E-state index is -4.63. The summed E-state index contributed by atoms with van der Waals surface area (Å²) in [6.07, 6.45) is 3.96. The lowest BCUT2D eigenvalue weighted by atomic mass is 9.75. The third-order valence-corrected chi connectivity index (χ3v) is 6.90. The van der Waals surface area contributed by atoms with Gasteiger partial charge < -0.3 is 0 Å². The van der Waals surface area contributed by atoms with Crippen LogP contribution in [0.1, 0.15) is 94.1 Å². The normalized spacial score (nSPS) is 29.1. The van der Waals surface area contributed by atoms with Crippen LogP contribution in [0.5, 0.6) is 0 Å². The Morgan fingerprint density at radius 2 is 1.59 bits per heavy atom. The molecule has 2 aliphatic rings. The lowest BCUT2D eigenvalue weighted by molar-refractivity contribution is -0.0820. The van der Waals surface area contributed by atoms with Crippen LogP contribution in [0.25, 0.3) is 0 Å². The average molecular weight is 415 g/mol. The summed E-state index contributed by atoms with van der Waals surface area (Å²) < 4.78 is 65.6. The van der Waals surface area contributed by atoms with Gasteiger partial charge in [0.05, 0.1) is 6.08 Å². The van der Waals surface area contributed by atoms with Gasteiger partial charge in [0.25, 0.3) is 0 Å². The summed E-state index contributed by atoms with van der Waals surface area (Å²) in [6, 6.07) is 5.55. The second-order valence-electron chi connectivity index (χ2n) is 8.91. The molecule has 2 saturated carbocycles. The maximum absolute atomic E-state index is 14.8. The Kier molecular flexibility index (Phi) is 7.39. The predicted molar refractivity (Wildman–Crippen MR) is 106 cm³/mol. The van der Waals surface area contributed by atoms with E-state index in [1.54, 1.807) is 6.07 Å². The number of alkyl halides is 3. The molecule has 0 amide bonds. The lowest BCUT2D eigenvalue weighted by Crippen LogP contribution is -2.17. The van der Waals surface area contributed by atoms with Gasteiger partial charge in [0.15, 0.2) is 0 Å². The van der Waals surface area contributed by atoms with Crippen LogP contribution in [0.3, 0.4) is 0 Å². The van der Waals surface area contributed by atoms with Crippen LogP contribution in [-0.4, -0.2) is 6.18 Å². The van der Waals surface area contributed by atoms with Gasteiger partial charge in [-0.1, -0.05) is 31.9 Å². The smallest absolute Gasteiger partial charge is 0.212 e. The quantitative estimate of drug-likeness (QED) is 0.423. The zero-order valence-electron chi connectivity index (χ0n) is 17.1. The minimum absolute atomic E-state index is 0.0423. The van der Waals surface area contributed by atoms with E-state index >= 15 is 0 Å². The van der Waals surface area contributed by atoms with Gasteiger partial charge in [-0.05, 0) is 86.3 Å².